The van der Waals surface area contributed by atoms with E-state index in [2.05, 4.69) is 11.8 Å². The molecule has 0 radical (unpaired) electrons. The maximum atomic E-state index is 13.4. The number of likely N-dealkylation sites (tertiary alicyclic amines) is 1. The lowest BCUT2D eigenvalue weighted by atomic mass is 9.91. The molecule has 1 aromatic rings. The number of rotatable bonds is 5. The van der Waals surface area contributed by atoms with Gasteiger partial charge in [-0.3, -0.25) is 4.90 Å². The highest BCUT2D eigenvalue weighted by Crippen LogP contribution is 2.19. The first-order chi connectivity index (χ1) is 9.20. The van der Waals surface area contributed by atoms with E-state index < -0.39 is 0 Å². The Hall–Kier alpha value is -1.13. The molecule has 2 rings (SSSR count). The van der Waals surface area contributed by atoms with Crippen molar-refractivity contribution in [2.45, 2.75) is 25.8 Å². The van der Waals surface area contributed by atoms with Crippen LogP contribution in [0.5, 0.6) is 5.75 Å². The van der Waals surface area contributed by atoms with Gasteiger partial charge < -0.3 is 10.5 Å². The van der Waals surface area contributed by atoms with E-state index in [1.807, 2.05) is 0 Å². The average Bonchev–Trinajstić information content (AvgIpc) is 2.43. The van der Waals surface area contributed by atoms with Crippen LogP contribution in [0.15, 0.2) is 24.3 Å². The van der Waals surface area contributed by atoms with E-state index in [9.17, 15) is 4.39 Å². The third-order valence-electron chi connectivity index (χ3n) is 3.90. The van der Waals surface area contributed by atoms with Crippen LogP contribution in [-0.2, 0) is 0 Å². The number of hydrogen-bond donors (Lipinski definition) is 1. The van der Waals surface area contributed by atoms with Crippen LogP contribution in [0.3, 0.4) is 0 Å². The lowest BCUT2D eigenvalue weighted by Crippen LogP contribution is -2.47. The fourth-order valence-corrected chi connectivity index (χ4v) is 2.61. The summed E-state index contributed by atoms with van der Waals surface area (Å²) in [4.78, 5) is 2.36. The van der Waals surface area contributed by atoms with Crippen molar-refractivity contribution in [2.75, 3.05) is 26.2 Å². The van der Waals surface area contributed by atoms with Crippen LogP contribution in [0.1, 0.15) is 19.8 Å². The summed E-state index contributed by atoms with van der Waals surface area (Å²) in [5.74, 6) is 0.611. The Balaban J connectivity index is 1.76. The largest absolute Gasteiger partial charge is 0.489 e. The minimum absolute atomic E-state index is 0.297. The molecule has 0 saturated carbocycles. The van der Waals surface area contributed by atoms with Crippen molar-refractivity contribution in [3.8, 4) is 5.75 Å². The number of hydrogen-bond acceptors (Lipinski definition) is 3. The minimum Gasteiger partial charge on any atom is -0.489 e. The van der Waals surface area contributed by atoms with Gasteiger partial charge in [0.1, 0.15) is 6.61 Å². The summed E-state index contributed by atoms with van der Waals surface area (Å²) in [6.45, 7) is 5.57. The van der Waals surface area contributed by atoms with Crippen LogP contribution < -0.4 is 10.5 Å². The van der Waals surface area contributed by atoms with Gasteiger partial charge in [-0.05, 0) is 31.0 Å². The summed E-state index contributed by atoms with van der Waals surface area (Å²) in [6, 6.07) is 6.86. The van der Waals surface area contributed by atoms with Crippen LogP contribution >= 0.6 is 0 Å². The first-order valence-electron chi connectivity index (χ1n) is 7.06. The molecule has 0 aromatic heterocycles. The molecule has 106 valence electrons. The standard InChI is InChI=1S/C15H23FN2O/c1-2-12-11-18(8-7-14(12)17)9-10-19-15-6-4-3-5-13(15)16/h3-6,12,14H,2,7-11,17H2,1H3. The number of halogens is 1. The van der Waals surface area contributed by atoms with E-state index in [1.54, 1.807) is 18.2 Å². The van der Waals surface area contributed by atoms with E-state index in [0.29, 0.717) is 24.3 Å². The Bertz CT molecular complexity index is 399. The minimum atomic E-state index is -0.297. The SMILES string of the molecule is CCC1CN(CCOc2ccccc2F)CCC1N. The third kappa shape index (κ3) is 3.91. The fraction of sp³-hybridized carbons (Fsp3) is 0.600. The van der Waals surface area contributed by atoms with Gasteiger partial charge in [-0.25, -0.2) is 4.39 Å². The lowest BCUT2D eigenvalue weighted by Gasteiger charge is -2.36. The predicted molar refractivity (Wildman–Crippen MR) is 74.7 cm³/mol. The number of para-hydroxylation sites is 1. The molecule has 0 spiro atoms. The molecule has 1 aliphatic heterocycles. The van der Waals surface area contributed by atoms with Crippen molar-refractivity contribution in [3.05, 3.63) is 30.1 Å². The van der Waals surface area contributed by atoms with Gasteiger partial charge in [0.25, 0.3) is 0 Å². The summed E-state index contributed by atoms with van der Waals surface area (Å²) < 4.78 is 18.9. The third-order valence-corrected chi connectivity index (χ3v) is 3.90. The molecule has 2 atom stereocenters. The van der Waals surface area contributed by atoms with E-state index >= 15 is 0 Å². The van der Waals surface area contributed by atoms with Gasteiger partial charge in [-0.15, -0.1) is 0 Å². The van der Waals surface area contributed by atoms with Crippen molar-refractivity contribution in [3.63, 3.8) is 0 Å². The highest BCUT2D eigenvalue weighted by Gasteiger charge is 2.24. The monoisotopic (exact) mass is 266 g/mol. The van der Waals surface area contributed by atoms with Gasteiger partial charge in [0.15, 0.2) is 11.6 Å². The van der Waals surface area contributed by atoms with Crippen molar-refractivity contribution in [2.24, 2.45) is 11.7 Å². The van der Waals surface area contributed by atoms with Gasteiger partial charge >= 0.3 is 0 Å². The summed E-state index contributed by atoms with van der Waals surface area (Å²) in [6.07, 6.45) is 2.16. The maximum absolute atomic E-state index is 13.4. The Kier molecular flexibility index (Phi) is 5.16. The molecule has 0 aliphatic carbocycles. The lowest BCUT2D eigenvalue weighted by molar-refractivity contribution is 0.129. The quantitative estimate of drug-likeness (QED) is 0.888. The molecule has 1 aliphatic rings. The Morgan fingerprint density at radius 2 is 2.21 bits per heavy atom. The highest BCUT2D eigenvalue weighted by molar-refractivity contribution is 5.23. The van der Waals surface area contributed by atoms with E-state index in [-0.39, 0.29) is 5.82 Å². The molecule has 3 nitrogen and oxygen atoms in total. The molecule has 1 aromatic carbocycles. The maximum Gasteiger partial charge on any atom is 0.165 e. The van der Waals surface area contributed by atoms with Crippen LogP contribution in [0.2, 0.25) is 0 Å². The zero-order valence-electron chi connectivity index (χ0n) is 11.5. The van der Waals surface area contributed by atoms with E-state index in [1.165, 1.54) is 6.07 Å². The van der Waals surface area contributed by atoms with E-state index in [0.717, 1.165) is 32.5 Å². The van der Waals surface area contributed by atoms with Crippen molar-refractivity contribution >= 4 is 0 Å². The first kappa shape index (κ1) is 14.3. The van der Waals surface area contributed by atoms with Crippen LogP contribution in [-0.4, -0.2) is 37.2 Å². The topological polar surface area (TPSA) is 38.5 Å². The molecular weight excluding hydrogens is 243 g/mol. The molecule has 2 N–H and O–H groups in total. The highest BCUT2D eigenvalue weighted by atomic mass is 19.1. The van der Waals surface area contributed by atoms with Gasteiger partial charge in [0, 0.05) is 19.1 Å². The van der Waals surface area contributed by atoms with Crippen LogP contribution in [0.4, 0.5) is 4.39 Å². The normalized spacial score (nSPS) is 24.4. The first-order valence-corrected chi connectivity index (χ1v) is 7.06. The number of piperidine rings is 1. The van der Waals surface area contributed by atoms with Gasteiger partial charge in [-0.2, -0.15) is 0 Å². The number of benzene rings is 1. The second-order valence-corrected chi connectivity index (χ2v) is 5.20. The van der Waals surface area contributed by atoms with Crippen LogP contribution in [0.25, 0.3) is 0 Å². The van der Waals surface area contributed by atoms with E-state index in [4.69, 9.17) is 10.5 Å². The Morgan fingerprint density at radius 3 is 2.95 bits per heavy atom. The number of nitrogens with two attached hydrogens (primary N) is 1. The zero-order valence-corrected chi connectivity index (χ0v) is 11.5. The molecule has 1 saturated heterocycles. The van der Waals surface area contributed by atoms with Crippen molar-refractivity contribution in [1.29, 1.82) is 0 Å². The molecule has 19 heavy (non-hydrogen) atoms. The second-order valence-electron chi connectivity index (χ2n) is 5.20. The molecule has 2 unspecified atom stereocenters. The molecule has 0 amide bonds. The van der Waals surface area contributed by atoms with Gasteiger partial charge in [-0.1, -0.05) is 25.5 Å². The molecule has 4 heteroatoms. The average molecular weight is 266 g/mol. The zero-order chi connectivity index (χ0) is 13.7. The van der Waals surface area contributed by atoms with Gasteiger partial charge in [0.2, 0.25) is 0 Å². The molecule has 1 heterocycles. The predicted octanol–water partition coefficient (Wildman–Crippen LogP) is 2.26. The Labute approximate surface area is 114 Å². The molecular formula is C15H23FN2O. The number of nitrogens with zero attached hydrogens (tertiary/aromatic N) is 1. The number of ether oxygens (including phenoxy) is 1. The molecule has 1 fully saturated rings. The summed E-state index contributed by atoms with van der Waals surface area (Å²) in [7, 11) is 0. The second kappa shape index (κ2) is 6.87. The molecule has 0 bridgehead atoms. The van der Waals surface area contributed by atoms with Crippen molar-refractivity contribution in [1.82, 2.24) is 4.90 Å². The van der Waals surface area contributed by atoms with Gasteiger partial charge in [0.05, 0.1) is 0 Å². The summed E-state index contributed by atoms with van der Waals surface area (Å²) in [5.41, 5.74) is 6.08. The summed E-state index contributed by atoms with van der Waals surface area (Å²) in [5, 5.41) is 0. The Morgan fingerprint density at radius 1 is 1.42 bits per heavy atom. The smallest absolute Gasteiger partial charge is 0.165 e. The fourth-order valence-electron chi connectivity index (χ4n) is 2.61. The summed E-state index contributed by atoms with van der Waals surface area (Å²) >= 11 is 0. The van der Waals surface area contributed by atoms with Crippen molar-refractivity contribution < 1.29 is 9.13 Å². The van der Waals surface area contributed by atoms with Crippen LogP contribution in [0, 0.1) is 11.7 Å².